The van der Waals surface area contributed by atoms with Gasteiger partial charge in [-0.1, -0.05) is 12.1 Å². The Labute approximate surface area is 92.4 Å². The summed E-state index contributed by atoms with van der Waals surface area (Å²) in [6.07, 6.45) is 0.0674. The molecule has 1 rings (SSSR count). The third-order valence-electron chi connectivity index (χ3n) is 2.56. The molecule has 0 aliphatic rings. The predicted octanol–water partition coefficient (Wildman–Crippen LogP) is 0.345. The van der Waals surface area contributed by atoms with Gasteiger partial charge in [-0.25, -0.2) is 4.39 Å². The number of benzene rings is 1. The van der Waals surface area contributed by atoms with Gasteiger partial charge in [-0.3, -0.25) is 9.59 Å². The first-order valence-electron chi connectivity index (χ1n) is 4.70. The van der Waals surface area contributed by atoms with Gasteiger partial charge in [-0.15, -0.1) is 0 Å². The molecule has 2 amide bonds. The van der Waals surface area contributed by atoms with Gasteiger partial charge in [0.2, 0.25) is 11.8 Å². The minimum atomic E-state index is -1.45. The number of halogens is 1. The topological polar surface area (TPSA) is 86.2 Å². The third kappa shape index (κ3) is 2.36. The van der Waals surface area contributed by atoms with Gasteiger partial charge in [-0.05, 0) is 31.0 Å². The second kappa shape index (κ2) is 4.30. The summed E-state index contributed by atoms with van der Waals surface area (Å²) in [5.74, 6) is -1.96. The first kappa shape index (κ1) is 12.2. The predicted molar refractivity (Wildman–Crippen MR) is 56.6 cm³/mol. The SMILES string of the molecule is CC(Cc1ccc(F)cc1)(C(N)=O)C(N)=O. The average molecular weight is 224 g/mol. The van der Waals surface area contributed by atoms with E-state index in [1.807, 2.05) is 0 Å². The highest BCUT2D eigenvalue weighted by atomic mass is 19.1. The van der Waals surface area contributed by atoms with Crippen LogP contribution in [-0.4, -0.2) is 11.8 Å². The Balaban J connectivity index is 2.97. The fraction of sp³-hybridized carbons (Fsp3) is 0.273. The molecule has 0 heterocycles. The van der Waals surface area contributed by atoms with Crippen molar-refractivity contribution >= 4 is 11.8 Å². The van der Waals surface area contributed by atoms with Crippen LogP contribution in [0.25, 0.3) is 0 Å². The van der Waals surface area contributed by atoms with E-state index in [0.717, 1.165) is 0 Å². The van der Waals surface area contributed by atoms with Crippen LogP contribution in [0.4, 0.5) is 4.39 Å². The molecule has 0 saturated heterocycles. The smallest absolute Gasteiger partial charge is 0.233 e. The van der Waals surface area contributed by atoms with Crippen molar-refractivity contribution < 1.29 is 14.0 Å². The third-order valence-corrected chi connectivity index (χ3v) is 2.56. The Hall–Kier alpha value is -1.91. The van der Waals surface area contributed by atoms with Crippen LogP contribution in [0.3, 0.4) is 0 Å². The Bertz CT molecular complexity index is 400. The van der Waals surface area contributed by atoms with Gasteiger partial charge in [0.25, 0.3) is 0 Å². The first-order valence-corrected chi connectivity index (χ1v) is 4.70. The van der Waals surface area contributed by atoms with Crippen LogP contribution >= 0.6 is 0 Å². The van der Waals surface area contributed by atoms with E-state index < -0.39 is 17.2 Å². The summed E-state index contributed by atoms with van der Waals surface area (Å²) >= 11 is 0. The fourth-order valence-corrected chi connectivity index (χ4v) is 1.31. The second-order valence-corrected chi connectivity index (χ2v) is 3.86. The summed E-state index contributed by atoms with van der Waals surface area (Å²) in [5.41, 5.74) is 9.45. The molecule has 5 heteroatoms. The highest BCUT2D eigenvalue weighted by Crippen LogP contribution is 2.22. The number of nitrogens with two attached hydrogens (primary N) is 2. The fourth-order valence-electron chi connectivity index (χ4n) is 1.31. The van der Waals surface area contributed by atoms with Gasteiger partial charge in [0, 0.05) is 0 Å². The normalized spacial score (nSPS) is 11.1. The van der Waals surface area contributed by atoms with Crippen LogP contribution in [-0.2, 0) is 16.0 Å². The zero-order valence-electron chi connectivity index (χ0n) is 8.87. The number of carbonyl (C=O) groups is 2. The maximum atomic E-state index is 12.7. The molecular weight excluding hydrogens is 211 g/mol. The summed E-state index contributed by atoms with van der Waals surface area (Å²) in [7, 11) is 0. The molecule has 0 aliphatic carbocycles. The van der Waals surface area contributed by atoms with Gasteiger partial charge in [0.1, 0.15) is 11.2 Å². The maximum absolute atomic E-state index is 12.7. The van der Waals surface area contributed by atoms with Crippen molar-refractivity contribution in [1.82, 2.24) is 0 Å². The molecule has 0 fully saturated rings. The van der Waals surface area contributed by atoms with E-state index >= 15 is 0 Å². The molecule has 0 aliphatic heterocycles. The van der Waals surface area contributed by atoms with E-state index in [1.54, 1.807) is 0 Å². The van der Waals surface area contributed by atoms with Gasteiger partial charge in [-0.2, -0.15) is 0 Å². The molecule has 0 unspecified atom stereocenters. The molecule has 86 valence electrons. The summed E-state index contributed by atoms with van der Waals surface area (Å²) in [6.45, 7) is 1.38. The average Bonchev–Trinajstić information content (AvgIpc) is 2.20. The van der Waals surface area contributed by atoms with E-state index in [2.05, 4.69) is 0 Å². The minimum absolute atomic E-state index is 0.0674. The van der Waals surface area contributed by atoms with E-state index in [0.29, 0.717) is 5.56 Å². The van der Waals surface area contributed by atoms with Crippen molar-refractivity contribution in [2.24, 2.45) is 16.9 Å². The Kier molecular flexibility index (Phi) is 3.27. The second-order valence-electron chi connectivity index (χ2n) is 3.86. The van der Waals surface area contributed by atoms with Gasteiger partial charge in [0.05, 0.1) is 0 Å². The lowest BCUT2D eigenvalue weighted by Crippen LogP contribution is -2.46. The monoisotopic (exact) mass is 224 g/mol. The number of primary amides is 2. The van der Waals surface area contributed by atoms with Crippen molar-refractivity contribution in [1.29, 1.82) is 0 Å². The molecule has 0 saturated carbocycles. The summed E-state index contributed by atoms with van der Waals surface area (Å²) in [4.78, 5) is 22.4. The Morgan fingerprint density at radius 1 is 1.19 bits per heavy atom. The Morgan fingerprint density at radius 3 is 2.00 bits per heavy atom. The van der Waals surface area contributed by atoms with Crippen molar-refractivity contribution in [3.05, 3.63) is 35.6 Å². The van der Waals surface area contributed by atoms with Gasteiger partial charge >= 0.3 is 0 Å². The maximum Gasteiger partial charge on any atom is 0.233 e. The van der Waals surface area contributed by atoms with Gasteiger partial charge in [0.15, 0.2) is 0 Å². The zero-order valence-corrected chi connectivity index (χ0v) is 8.87. The number of amides is 2. The standard InChI is InChI=1S/C11H13FN2O2/c1-11(9(13)15,10(14)16)6-7-2-4-8(12)5-3-7/h2-5H,6H2,1H3,(H2,13,15)(H2,14,16). The van der Waals surface area contributed by atoms with Crippen molar-refractivity contribution in [2.75, 3.05) is 0 Å². The molecule has 1 aromatic carbocycles. The molecule has 4 nitrogen and oxygen atoms in total. The molecule has 1 aromatic rings. The van der Waals surface area contributed by atoms with Crippen LogP contribution in [0.1, 0.15) is 12.5 Å². The molecule has 0 radical (unpaired) electrons. The zero-order chi connectivity index (χ0) is 12.3. The quantitative estimate of drug-likeness (QED) is 0.723. The van der Waals surface area contributed by atoms with Crippen molar-refractivity contribution in [3.8, 4) is 0 Å². The van der Waals surface area contributed by atoms with E-state index in [9.17, 15) is 14.0 Å². The number of hydrogen-bond donors (Lipinski definition) is 2. The molecular formula is C11H13FN2O2. The number of hydrogen-bond acceptors (Lipinski definition) is 2. The lowest BCUT2D eigenvalue weighted by Gasteiger charge is -2.21. The van der Waals surface area contributed by atoms with Crippen LogP contribution < -0.4 is 11.5 Å². The molecule has 0 bridgehead atoms. The van der Waals surface area contributed by atoms with E-state index in [-0.39, 0.29) is 12.2 Å². The van der Waals surface area contributed by atoms with Crippen LogP contribution in [0.2, 0.25) is 0 Å². The molecule has 16 heavy (non-hydrogen) atoms. The number of carbonyl (C=O) groups excluding carboxylic acids is 2. The molecule has 4 N–H and O–H groups in total. The molecule has 0 aromatic heterocycles. The Morgan fingerprint density at radius 2 is 1.62 bits per heavy atom. The first-order chi connectivity index (χ1) is 7.36. The van der Waals surface area contributed by atoms with Crippen molar-refractivity contribution in [2.45, 2.75) is 13.3 Å². The highest BCUT2D eigenvalue weighted by molar-refractivity contribution is 6.03. The molecule has 0 spiro atoms. The van der Waals surface area contributed by atoms with Gasteiger partial charge < -0.3 is 11.5 Å². The van der Waals surface area contributed by atoms with Crippen molar-refractivity contribution in [3.63, 3.8) is 0 Å². The lowest BCUT2D eigenvalue weighted by molar-refractivity contribution is -0.138. The summed E-state index contributed by atoms with van der Waals surface area (Å²) < 4.78 is 12.7. The number of rotatable bonds is 4. The molecule has 0 atom stereocenters. The minimum Gasteiger partial charge on any atom is -0.369 e. The van der Waals surface area contributed by atoms with Crippen LogP contribution in [0.5, 0.6) is 0 Å². The largest absolute Gasteiger partial charge is 0.369 e. The summed E-state index contributed by atoms with van der Waals surface area (Å²) in [5, 5.41) is 0. The highest BCUT2D eigenvalue weighted by Gasteiger charge is 2.37. The van der Waals surface area contributed by atoms with Crippen LogP contribution in [0, 0.1) is 11.2 Å². The van der Waals surface area contributed by atoms with E-state index in [4.69, 9.17) is 11.5 Å². The summed E-state index contributed by atoms with van der Waals surface area (Å²) in [6, 6.07) is 5.47. The van der Waals surface area contributed by atoms with E-state index in [1.165, 1.54) is 31.2 Å². The van der Waals surface area contributed by atoms with Crippen LogP contribution in [0.15, 0.2) is 24.3 Å². The lowest BCUT2D eigenvalue weighted by atomic mass is 9.82.